The van der Waals surface area contributed by atoms with Crippen LogP contribution in [0.4, 0.5) is 0 Å². The minimum absolute atomic E-state index is 0.129. The molecule has 34 heavy (non-hydrogen) atoms. The van der Waals surface area contributed by atoms with Gasteiger partial charge in [-0.15, -0.1) is 0 Å². The van der Waals surface area contributed by atoms with Gasteiger partial charge in [0.2, 0.25) is 17.1 Å². The number of amides is 1. The Hall–Kier alpha value is -2.53. The van der Waals surface area contributed by atoms with E-state index in [9.17, 15) is 9.59 Å². The zero-order valence-electron chi connectivity index (χ0n) is 19.4. The standard InChI is InChI=1S/C25H28INO7/c1-30-20-8-14-5-4-13(9-21(27)29)16-11-19(28)23(34-15-6-7-33-12-15)18(26)10-17(16)22(14)25(32-3)24(20)31-2/h8,10-11,13,15H,4-7,9,12H2,1-3H3,(H2,27,29)/t13-,15+/m0/s1. The van der Waals surface area contributed by atoms with E-state index in [1.165, 1.54) is 0 Å². The van der Waals surface area contributed by atoms with Crippen LogP contribution >= 0.6 is 22.6 Å². The molecule has 0 radical (unpaired) electrons. The molecule has 0 unspecified atom stereocenters. The molecule has 8 nitrogen and oxygen atoms in total. The lowest BCUT2D eigenvalue weighted by atomic mass is 9.90. The summed E-state index contributed by atoms with van der Waals surface area (Å²) in [4.78, 5) is 25.3. The highest BCUT2D eigenvalue weighted by Gasteiger charge is 2.31. The highest BCUT2D eigenvalue weighted by atomic mass is 127. The SMILES string of the molecule is COc1cc2c(c(OC)c1OC)-c1cc(I)c(O[C@@H]3CCOC3)c(=O)cc1[C@H](CC(N)=O)CC2. The molecule has 182 valence electrons. The van der Waals surface area contributed by atoms with E-state index >= 15 is 0 Å². The number of hydrogen-bond acceptors (Lipinski definition) is 7. The summed E-state index contributed by atoms with van der Waals surface area (Å²) >= 11 is 2.13. The Kier molecular flexibility index (Phi) is 7.51. The molecule has 1 fully saturated rings. The Morgan fingerprint density at radius 3 is 2.47 bits per heavy atom. The Morgan fingerprint density at radius 2 is 1.85 bits per heavy atom. The van der Waals surface area contributed by atoms with Crippen LogP contribution < -0.4 is 30.1 Å². The van der Waals surface area contributed by atoms with Crippen LogP contribution in [-0.2, 0) is 16.0 Å². The fourth-order valence-corrected chi connectivity index (χ4v) is 5.46. The molecule has 1 saturated heterocycles. The molecule has 2 atom stereocenters. The molecule has 9 heteroatoms. The van der Waals surface area contributed by atoms with E-state index in [0.717, 1.165) is 28.7 Å². The van der Waals surface area contributed by atoms with Crippen LogP contribution in [0.1, 0.15) is 36.3 Å². The number of carbonyl (C=O) groups excluding carboxylic acids is 1. The molecule has 0 aromatic heterocycles. The molecule has 0 bridgehead atoms. The van der Waals surface area contributed by atoms with Crippen molar-refractivity contribution in [2.24, 2.45) is 5.73 Å². The van der Waals surface area contributed by atoms with E-state index < -0.39 is 5.91 Å². The van der Waals surface area contributed by atoms with Crippen molar-refractivity contribution in [1.29, 1.82) is 0 Å². The molecule has 1 heterocycles. The number of fused-ring (bicyclic) bond motifs is 3. The Balaban J connectivity index is 2.01. The first-order chi connectivity index (χ1) is 16.4. The molecule has 1 aliphatic heterocycles. The van der Waals surface area contributed by atoms with Crippen LogP contribution in [0, 0.1) is 3.57 Å². The number of benzene rings is 1. The molecule has 2 aromatic carbocycles. The van der Waals surface area contributed by atoms with Crippen LogP contribution in [0.3, 0.4) is 0 Å². The second-order valence-corrected chi connectivity index (χ2v) is 9.55. The van der Waals surface area contributed by atoms with Gasteiger partial charge in [0.25, 0.3) is 0 Å². The van der Waals surface area contributed by atoms with Crippen molar-refractivity contribution in [3.05, 3.63) is 43.1 Å². The lowest BCUT2D eigenvalue weighted by Crippen LogP contribution is -2.20. The van der Waals surface area contributed by atoms with Crippen LogP contribution in [0.5, 0.6) is 23.0 Å². The molecule has 4 rings (SSSR count). The monoisotopic (exact) mass is 581 g/mol. The van der Waals surface area contributed by atoms with Crippen molar-refractivity contribution in [3.8, 4) is 34.1 Å². The van der Waals surface area contributed by atoms with Crippen LogP contribution in [0.25, 0.3) is 11.1 Å². The molecular weight excluding hydrogens is 553 g/mol. The third-order valence-electron chi connectivity index (χ3n) is 6.31. The summed E-state index contributed by atoms with van der Waals surface area (Å²) in [6.07, 6.45) is 1.97. The molecule has 1 amide bonds. The summed E-state index contributed by atoms with van der Waals surface area (Å²) in [6.45, 7) is 1.06. The molecule has 1 aliphatic carbocycles. The predicted molar refractivity (Wildman–Crippen MR) is 135 cm³/mol. The number of methoxy groups -OCH3 is 3. The fraction of sp³-hybridized carbons (Fsp3) is 0.440. The summed E-state index contributed by atoms with van der Waals surface area (Å²) in [6, 6.07) is 5.44. The van der Waals surface area contributed by atoms with Gasteiger partial charge in [-0.25, -0.2) is 0 Å². The fourth-order valence-electron chi connectivity index (χ4n) is 4.76. The van der Waals surface area contributed by atoms with E-state index in [0.29, 0.717) is 46.9 Å². The predicted octanol–water partition coefficient (Wildman–Crippen LogP) is 3.42. The largest absolute Gasteiger partial charge is 0.493 e. The number of nitrogens with two attached hydrogens (primary N) is 1. The van der Waals surface area contributed by atoms with Gasteiger partial charge in [0.15, 0.2) is 17.2 Å². The third kappa shape index (κ3) is 4.68. The van der Waals surface area contributed by atoms with E-state index in [1.54, 1.807) is 27.4 Å². The van der Waals surface area contributed by atoms with E-state index in [2.05, 4.69) is 22.6 Å². The highest BCUT2D eigenvalue weighted by molar-refractivity contribution is 14.1. The molecular formula is C25H28INO7. The minimum atomic E-state index is -0.419. The second-order valence-electron chi connectivity index (χ2n) is 8.39. The first kappa shape index (κ1) is 24.6. The smallest absolute Gasteiger partial charge is 0.221 e. The van der Waals surface area contributed by atoms with Gasteiger partial charge in [-0.1, -0.05) is 0 Å². The van der Waals surface area contributed by atoms with Crippen molar-refractivity contribution in [2.75, 3.05) is 34.5 Å². The van der Waals surface area contributed by atoms with Crippen LogP contribution in [0.15, 0.2) is 23.0 Å². The summed E-state index contributed by atoms with van der Waals surface area (Å²) < 4.78 is 29.2. The van der Waals surface area contributed by atoms with Gasteiger partial charge in [0.05, 0.1) is 38.1 Å². The molecule has 2 aromatic rings. The highest BCUT2D eigenvalue weighted by Crippen LogP contribution is 2.51. The summed E-state index contributed by atoms with van der Waals surface area (Å²) in [5.74, 6) is 1.16. The minimum Gasteiger partial charge on any atom is -0.493 e. The van der Waals surface area contributed by atoms with Gasteiger partial charge in [-0.3, -0.25) is 9.59 Å². The van der Waals surface area contributed by atoms with Crippen LogP contribution in [-0.4, -0.2) is 46.6 Å². The zero-order valence-corrected chi connectivity index (χ0v) is 21.6. The maximum atomic E-state index is 13.4. The third-order valence-corrected chi connectivity index (χ3v) is 7.11. The molecule has 2 N–H and O–H groups in total. The normalized spacial score (nSPS) is 18.9. The Morgan fingerprint density at radius 1 is 1.09 bits per heavy atom. The van der Waals surface area contributed by atoms with Crippen molar-refractivity contribution in [1.82, 2.24) is 0 Å². The average molecular weight is 581 g/mol. The van der Waals surface area contributed by atoms with Gasteiger partial charge < -0.3 is 29.4 Å². The van der Waals surface area contributed by atoms with Crippen LogP contribution in [0.2, 0.25) is 0 Å². The average Bonchev–Trinajstić information content (AvgIpc) is 3.25. The summed E-state index contributed by atoms with van der Waals surface area (Å²) in [7, 11) is 4.71. The number of aryl methyl sites for hydroxylation is 1. The number of ether oxygens (including phenoxy) is 5. The Labute approximate surface area is 211 Å². The number of hydrogen-bond donors (Lipinski definition) is 1. The number of primary amides is 1. The topological polar surface area (TPSA) is 106 Å². The lowest BCUT2D eigenvalue weighted by Gasteiger charge is -2.19. The van der Waals surface area contributed by atoms with E-state index in [4.69, 9.17) is 29.4 Å². The summed E-state index contributed by atoms with van der Waals surface area (Å²) in [5, 5.41) is 0. The molecule has 0 saturated carbocycles. The van der Waals surface area contributed by atoms with Gasteiger partial charge in [-0.2, -0.15) is 0 Å². The number of carbonyl (C=O) groups is 1. The first-order valence-corrected chi connectivity index (χ1v) is 12.2. The van der Waals surface area contributed by atoms with Crippen molar-refractivity contribution in [3.63, 3.8) is 0 Å². The van der Waals surface area contributed by atoms with E-state index in [1.807, 2.05) is 12.1 Å². The maximum Gasteiger partial charge on any atom is 0.221 e. The number of rotatable bonds is 7. The van der Waals surface area contributed by atoms with Gasteiger partial charge in [-0.05, 0) is 76.2 Å². The second kappa shape index (κ2) is 10.4. The van der Waals surface area contributed by atoms with Crippen molar-refractivity contribution >= 4 is 28.5 Å². The number of halogens is 1. The quantitative estimate of drug-likeness (QED) is 0.500. The van der Waals surface area contributed by atoms with Gasteiger partial charge in [0, 0.05) is 18.4 Å². The van der Waals surface area contributed by atoms with E-state index in [-0.39, 0.29) is 29.6 Å². The Bertz CT molecular complexity index is 1160. The first-order valence-electron chi connectivity index (χ1n) is 11.1. The molecule has 0 spiro atoms. The van der Waals surface area contributed by atoms with Gasteiger partial charge >= 0.3 is 0 Å². The van der Waals surface area contributed by atoms with Gasteiger partial charge in [0.1, 0.15) is 6.10 Å². The lowest BCUT2D eigenvalue weighted by molar-refractivity contribution is -0.118. The van der Waals surface area contributed by atoms with Crippen molar-refractivity contribution < 1.29 is 28.5 Å². The maximum absolute atomic E-state index is 13.4. The summed E-state index contributed by atoms with van der Waals surface area (Å²) in [5.41, 5.74) is 8.67. The van der Waals surface area contributed by atoms with Crippen molar-refractivity contribution in [2.45, 2.75) is 37.7 Å². The molecule has 2 aliphatic rings. The zero-order chi connectivity index (χ0) is 24.4.